The van der Waals surface area contributed by atoms with E-state index in [-0.39, 0.29) is 4.90 Å². The molecule has 0 radical (unpaired) electrons. The van der Waals surface area contributed by atoms with Gasteiger partial charge in [-0.15, -0.1) is 0 Å². The monoisotopic (exact) mass is 317 g/mol. The van der Waals surface area contributed by atoms with Gasteiger partial charge in [-0.05, 0) is 5.92 Å². The molecule has 1 aromatic carbocycles. The molecule has 0 aliphatic carbocycles. The molecular formula is C13H19NO6S. The van der Waals surface area contributed by atoms with Gasteiger partial charge in [0.15, 0.2) is 0 Å². The van der Waals surface area contributed by atoms with Crippen LogP contribution in [0.4, 0.5) is 0 Å². The molecule has 0 amide bonds. The number of sulfonamides is 1. The highest BCUT2D eigenvalue weighted by atomic mass is 32.2. The van der Waals surface area contributed by atoms with Crippen molar-refractivity contribution in [1.82, 2.24) is 4.72 Å². The summed E-state index contributed by atoms with van der Waals surface area (Å²) in [7, 11) is -1.21. The highest BCUT2D eigenvalue weighted by Crippen LogP contribution is 2.25. The van der Waals surface area contributed by atoms with E-state index in [1.165, 1.54) is 32.4 Å². The lowest BCUT2D eigenvalue weighted by molar-refractivity contribution is -0.140. The minimum atomic E-state index is -4.01. The molecule has 1 aromatic rings. The fourth-order valence-corrected chi connectivity index (χ4v) is 3.03. The highest BCUT2D eigenvalue weighted by Gasteiger charge is 2.28. The average molecular weight is 317 g/mol. The third kappa shape index (κ3) is 4.33. The molecule has 0 fully saturated rings. The molecule has 0 spiro atoms. The summed E-state index contributed by atoms with van der Waals surface area (Å²) >= 11 is 0. The van der Waals surface area contributed by atoms with Gasteiger partial charge in [0.1, 0.15) is 17.5 Å². The Bertz CT molecular complexity index is 589. The third-order valence-corrected chi connectivity index (χ3v) is 4.27. The minimum Gasteiger partial charge on any atom is -0.497 e. The number of carboxylic acid groups (broad SMARTS) is 1. The van der Waals surface area contributed by atoms with Crippen molar-refractivity contribution in [2.45, 2.75) is 24.8 Å². The number of methoxy groups -OCH3 is 2. The highest BCUT2D eigenvalue weighted by molar-refractivity contribution is 7.89. The maximum atomic E-state index is 12.3. The van der Waals surface area contributed by atoms with Gasteiger partial charge < -0.3 is 14.6 Å². The van der Waals surface area contributed by atoms with Crippen molar-refractivity contribution < 1.29 is 27.8 Å². The Labute approximate surface area is 123 Å². The molecule has 0 aliphatic heterocycles. The summed E-state index contributed by atoms with van der Waals surface area (Å²) in [6, 6.07) is 2.90. The van der Waals surface area contributed by atoms with Gasteiger partial charge in [0.25, 0.3) is 0 Å². The van der Waals surface area contributed by atoms with E-state index < -0.39 is 28.0 Å². The van der Waals surface area contributed by atoms with E-state index in [0.29, 0.717) is 11.5 Å². The number of aliphatic carboxylic acids is 1. The Morgan fingerprint density at radius 3 is 1.95 bits per heavy atom. The first-order chi connectivity index (χ1) is 9.71. The second-order valence-corrected chi connectivity index (χ2v) is 6.44. The molecule has 1 rings (SSSR count). The zero-order valence-electron chi connectivity index (χ0n) is 12.3. The van der Waals surface area contributed by atoms with Crippen molar-refractivity contribution in [1.29, 1.82) is 0 Å². The van der Waals surface area contributed by atoms with Gasteiger partial charge in [0.2, 0.25) is 10.0 Å². The van der Waals surface area contributed by atoms with Crippen LogP contribution in [0.1, 0.15) is 13.8 Å². The summed E-state index contributed by atoms with van der Waals surface area (Å²) < 4.78 is 36.8. The van der Waals surface area contributed by atoms with Crippen LogP contribution in [0, 0.1) is 5.92 Å². The van der Waals surface area contributed by atoms with Crippen molar-refractivity contribution in [3.8, 4) is 11.5 Å². The molecule has 0 aliphatic rings. The SMILES string of the molecule is COc1cc(OC)cc(S(=O)(=O)N[C@H](C(=O)O)C(C)C)c1. The number of ether oxygens (including phenoxy) is 2. The molecule has 0 bridgehead atoms. The Morgan fingerprint density at radius 1 is 1.14 bits per heavy atom. The van der Waals surface area contributed by atoms with Crippen LogP contribution in [-0.2, 0) is 14.8 Å². The van der Waals surface area contributed by atoms with Gasteiger partial charge in [0.05, 0.1) is 19.1 Å². The van der Waals surface area contributed by atoms with Gasteiger partial charge in [0, 0.05) is 18.2 Å². The fraction of sp³-hybridized carbons (Fsp3) is 0.462. The molecule has 2 N–H and O–H groups in total. The summed E-state index contributed by atoms with van der Waals surface area (Å²) in [5.74, 6) is -1.04. The van der Waals surface area contributed by atoms with Crippen LogP contribution < -0.4 is 14.2 Å². The van der Waals surface area contributed by atoms with E-state index in [1.807, 2.05) is 0 Å². The summed E-state index contributed by atoms with van der Waals surface area (Å²) in [5.41, 5.74) is 0. The first-order valence-corrected chi connectivity index (χ1v) is 7.67. The quantitative estimate of drug-likeness (QED) is 0.780. The molecule has 7 nitrogen and oxygen atoms in total. The molecule has 0 unspecified atom stereocenters. The lowest BCUT2D eigenvalue weighted by Crippen LogP contribution is -2.44. The number of nitrogens with one attached hydrogen (secondary N) is 1. The molecular weight excluding hydrogens is 298 g/mol. The second kappa shape index (κ2) is 6.77. The number of benzene rings is 1. The summed E-state index contributed by atoms with van der Waals surface area (Å²) in [6.07, 6.45) is 0. The second-order valence-electron chi connectivity index (χ2n) is 4.73. The number of hydrogen-bond acceptors (Lipinski definition) is 5. The van der Waals surface area contributed by atoms with Crippen LogP contribution >= 0.6 is 0 Å². The standard InChI is InChI=1S/C13H19NO6S/c1-8(2)12(13(15)16)14-21(17,18)11-6-9(19-3)5-10(7-11)20-4/h5-8,12,14H,1-4H3,(H,15,16)/t12-/m0/s1. The zero-order chi connectivity index (χ0) is 16.2. The first kappa shape index (κ1) is 17.3. The smallest absolute Gasteiger partial charge is 0.322 e. The predicted octanol–water partition coefficient (Wildman–Crippen LogP) is 1.09. The number of rotatable bonds is 7. The lowest BCUT2D eigenvalue weighted by Gasteiger charge is -2.18. The van der Waals surface area contributed by atoms with Gasteiger partial charge in [-0.3, -0.25) is 4.79 Å². The van der Waals surface area contributed by atoms with Gasteiger partial charge in [-0.25, -0.2) is 8.42 Å². The number of carbonyl (C=O) groups is 1. The molecule has 118 valence electrons. The van der Waals surface area contributed by atoms with Gasteiger partial charge in [-0.1, -0.05) is 13.8 Å². The Kier molecular flexibility index (Phi) is 5.56. The van der Waals surface area contributed by atoms with Crippen LogP contribution in [0.3, 0.4) is 0 Å². The molecule has 8 heteroatoms. The average Bonchev–Trinajstić information content (AvgIpc) is 2.43. The van der Waals surface area contributed by atoms with Gasteiger partial charge in [-0.2, -0.15) is 4.72 Å². The van der Waals surface area contributed by atoms with E-state index in [9.17, 15) is 13.2 Å². The molecule has 1 atom stereocenters. The Morgan fingerprint density at radius 2 is 1.62 bits per heavy atom. The third-order valence-electron chi connectivity index (χ3n) is 2.85. The molecule has 0 aromatic heterocycles. The molecule has 0 heterocycles. The molecule has 0 saturated heterocycles. The van der Waals surface area contributed by atoms with Crippen molar-refractivity contribution in [2.75, 3.05) is 14.2 Å². The number of hydrogen-bond donors (Lipinski definition) is 2. The topological polar surface area (TPSA) is 102 Å². The van der Waals surface area contributed by atoms with Crippen molar-refractivity contribution in [3.63, 3.8) is 0 Å². The predicted molar refractivity (Wildman–Crippen MR) is 76.1 cm³/mol. The summed E-state index contributed by atoms with van der Waals surface area (Å²) in [4.78, 5) is 11.0. The van der Waals surface area contributed by atoms with E-state index in [4.69, 9.17) is 14.6 Å². The largest absolute Gasteiger partial charge is 0.497 e. The van der Waals surface area contributed by atoms with E-state index >= 15 is 0 Å². The van der Waals surface area contributed by atoms with Crippen molar-refractivity contribution in [2.24, 2.45) is 5.92 Å². The van der Waals surface area contributed by atoms with Crippen LogP contribution in [-0.4, -0.2) is 39.8 Å². The van der Waals surface area contributed by atoms with Gasteiger partial charge >= 0.3 is 5.97 Å². The summed E-state index contributed by atoms with van der Waals surface area (Å²) in [6.45, 7) is 3.24. The minimum absolute atomic E-state index is 0.120. The first-order valence-electron chi connectivity index (χ1n) is 6.19. The van der Waals surface area contributed by atoms with Crippen molar-refractivity contribution in [3.05, 3.63) is 18.2 Å². The van der Waals surface area contributed by atoms with Crippen molar-refractivity contribution >= 4 is 16.0 Å². The van der Waals surface area contributed by atoms with Crippen LogP contribution in [0.15, 0.2) is 23.1 Å². The van der Waals surface area contributed by atoms with Crippen LogP contribution in [0.2, 0.25) is 0 Å². The number of carboxylic acids is 1. The van der Waals surface area contributed by atoms with Crippen LogP contribution in [0.25, 0.3) is 0 Å². The van der Waals surface area contributed by atoms with E-state index in [1.54, 1.807) is 13.8 Å². The van der Waals surface area contributed by atoms with E-state index in [0.717, 1.165) is 0 Å². The van der Waals surface area contributed by atoms with Crippen LogP contribution in [0.5, 0.6) is 11.5 Å². The summed E-state index contributed by atoms with van der Waals surface area (Å²) in [5, 5.41) is 9.08. The molecule has 0 saturated carbocycles. The molecule has 21 heavy (non-hydrogen) atoms. The maximum absolute atomic E-state index is 12.3. The lowest BCUT2D eigenvalue weighted by atomic mass is 10.1. The zero-order valence-corrected chi connectivity index (χ0v) is 13.1. The Hall–Kier alpha value is -1.80. The fourth-order valence-electron chi connectivity index (χ4n) is 1.64. The van der Waals surface area contributed by atoms with E-state index in [2.05, 4.69) is 4.72 Å². The Balaban J connectivity index is 3.21. The normalized spacial score (nSPS) is 13.0. The maximum Gasteiger partial charge on any atom is 0.322 e.